The number of anilines is 1. The van der Waals surface area contributed by atoms with Crippen LogP contribution < -0.4 is 4.90 Å². The fourth-order valence-electron chi connectivity index (χ4n) is 3.00. The summed E-state index contributed by atoms with van der Waals surface area (Å²) in [7, 11) is 0. The van der Waals surface area contributed by atoms with Crippen LogP contribution in [-0.4, -0.2) is 27.7 Å². The van der Waals surface area contributed by atoms with E-state index in [2.05, 4.69) is 0 Å². The van der Waals surface area contributed by atoms with Gasteiger partial charge in [0.15, 0.2) is 5.11 Å². The molecule has 0 aliphatic carbocycles. The number of nitrogens with zero attached hydrogens (tertiary/aromatic N) is 2. The summed E-state index contributed by atoms with van der Waals surface area (Å²) in [6.07, 6.45) is 0. The van der Waals surface area contributed by atoms with E-state index in [0.717, 1.165) is 5.56 Å². The minimum Gasteiger partial charge on any atom is -0.319 e. The Kier molecular flexibility index (Phi) is 3.98. The monoisotopic (exact) mass is 378 g/mol. The first-order chi connectivity index (χ1) is 11.6. The highest BCUT2D eigenvalue weighted by Gasteiger charge is 2.50. The van der Waals surface area contributed by atoms with E-state index in [1.54, 1.807) is 23.9 Å². The van der Waals surface area contributed by atoms with Crippen molar-refractivity contribution in [1.29, 1.82) is 0 Å². The van der Waals surface area contributed by atoms with Crippen LogP contribution in [0.15, 0.2) is 48.5 Å². The number of benzene rings is 2. The maximum Gasteiger partial charge on any atom is 0.257 e. The average Bonchev–Trinajstić information content (AvgIpc) is 3.11. The van der Waals surface area contributed by atoms with E-state index in [1.807, 2.05) is 29.2 Å². The van der Waals surface area contributed by atoms with Crippen LogP contribution in [0.3, 0.4) is 0 Å². The van der Waals surface area contributed by atoms with Crippen LogP contribution in [0.1, 0.15) is 10.9 Å². The maximum absolute atomic E-state index is 13.2. The van der Waals surface area contributed by atoms with Crippen LogP contribution in [0.25, 0.3) is 0 Å². The van der Waals surface area contributed by atoms with Gasteiger partial charge in [-0.25, -0.2) is 4.39 Å². The zero-order valence-electron chi connectivity index (χ0n) is 12.4. The fraction of sp³-hybridized carbons (Fsp3) is 0.176. The third kappa shape index (κ3) is 2.49. The Balaban J connectivity index is 1.67. The van der Waals surface area contributed by atoms with E-state index in [1.165, 1.54) is 17.0 Å². The highest BCUT2D eigenvalue weighted by Crippen LogP contribution is 2.46. The van der Waals surface area contributed by atoms with Crippen molar-refractivity contribution >= 4 is 52.3 Å². The van der Waals surface area contributed by atoms with Gasteiger partial charge in [0.25, 0.3) is 5.91 Å². The third-order valence-corrected chi connectivity index (χ3v) is 6.13. The molecule has 4 rings (SSSR count). The summed E-state index contributed by atoms with van der Waals surface area (Å²) in [5, 5.41) is 1.11. The first kappa shape index (κ1) is 15.9. The summed E-state index contributed by atoms with van der Waals surface area (Å²) >= 11 is 13.2. The number of hydrogen-bond donors (Lipinski definition) is 0. The first-order valence-corrected chi connectivity index (χ1v) is 9.18. The number of thioether (sulfide) groups is 1. The van der Waals surface area contributed by atoms with E-state index in [4.69, 9.17) is 23.8 Å². The van der Waals surface area contributed by atoms with Crippen molar-refractivity contribution < 1.29 is 9.18 Å². The smallest absolute Gasteiger partial charge is 0.257 e. The molecule has 0 spiro atoms. The van der Waals surface area contributed by atoms with E-state index < -0.39 is 0 Å². The molecule has 0 N–H and O–H groups in total. The summed E-state index contributed by atoms with van der Waals surface area (Å²) in [4.78, 5) is 16.3. The Morgan fingerprint density at radius 3 is 2.46 bits per heavy atom. The molecule has 0 radical (unpaired) electrons. The Bertz CT molecular complexity index is 812. The molecule has 1 amide bonds. The molecule has 3 nitrogen and oxygen atoms in total. The van der Waals surface area contributed by atoms with Gasteiger partial charge in [0, 0.05) is 10.8 Å². The lowest BCUT2D eigenvalue weighted by Crippen LogP contribution is -2.33. The molecule has 2 aromatic carbocycles. The van der Waals surface area contributed by atoms with Crippen molar-refractivity contribution in [3.8, 4) is 0 Å². The molecule has 2 unspecified atom stereocenters. The molecule has 0 aromatic heterocycles. The van der Waals surface area contributed by atoms with Gasteiger partial charge in [-0.05, 0) is 54.2 Å². The Labute approximate surface area is 153 Å². The maximum atomic E-state index is 13.2. The number of fused-ring (bicyclic) bond motifs is 1. The number of carbonyl (C=O) groups excluding carboxylic acids is 1. The molecule has 0 bridgehead atoms. The molecule has 2 atom stereocenters. The van der Waals surface area contributed by atoms with Gasteiger partial charge in [-0.1, -0.05) is 23.7 Å². The SMILES string of the molecule is O=C1C2CSC(c3ccc(Cl)cc3)N2C(=S)N1c1ccc(F)cc1. The summed E-state index contributed by atoms with van der Waals surface area (Å²) in [5.41, 5.74) is 1.66. The quantitative estimate of drug-likeness (QED) is 0.730. The van der Waals surface area contributed by atoms with Crippen LogP contribution in [-0.2, 0) is 4.79 Å². The highest BCUT2D eigenvalue weighted by molar-refractivity contribution is 7.99. The van der Waals surface area contributed by atoms with Gasteiger partial charge >= 0.3 is 0 Å². The van der Waals surface area contributed by atoms with Gasteiger partial charge in [-0.2, -0.15) is 0 Å². The standard InChI is InChI=1S/C17H12ClFN2OS2/c18-11-3-1-10(2-4-11)16-21-14(9-24-16)15(22)20(17(21)23)13-7-5-12(19)6-8-13/h1-8,14,16H,9H2. The molecule has 2 fully saturated rings. The topological polar surface area (TPSA) is 23.6 Å². The third-order valence-electron chi connectivity index (χ3n) is 4.16. The summed E-state index contributed by atoms with van der Waals surface area (Å²) in [6.45, 7) is 0. The van der Waals surface area contributed by atoms with Crippen LogP contribution in [0, 0.1) is 5.82 Å². The number of carbonyl (C=O) groups is 1. The largest absolute Gasteiger partial charge is 0.319 e. The molecule has 2 heterocycles. The minimum atomic E-state index is -0.341. The van der Waals surface area contributed by atoms with Crippen LogP contribution in [0.4, 0.5) is 10.1 Å². The first-order valence-electron chi connectivity index (χ1n) is 7.35. The van der Waals surface area contributed by atoms with Crippen molar-refractivity contribution in [2.75, 3.05) is 10.7 Å². The normalized spacial score (nSPS) is 23.1. The van der Waals surface area contributed by atoms with E-state index >= 15 is 0 Å². The number of thiocarbonyl (C=S) groups is 1. The molecule has 2 saturated heterocycles. The Morgan fingerprint density at radius 1 is 1.12 bits per heavy atom. The predicted molar refractivity (Wildman–Crippen MR) is 98.8 cm³/mol. The molecule has 0 saturated carbocycles. The van der Waals surface area contributed by atoms with E-state index in [9.17, 15) is 9.18 Å². The number of hydrogen-bond acceptors (Lipinski definition) is 3. The number of amides is 1. The van der Waals surface area contributed by atoms with Crippen molar-refractivity contribution in [3.05, 3.63) is 64.9 Å². The lowest BCUT2D eigenvalue weighted by atomic mass is 10.2. The van der Waals surface area contributed by atoms with Crippen LogP contribution in [0.5, 0.6) is 0 Å². The molecular formula is C17H12ClFN2OS2. The van der Waals surface area contributed by atoms with Crippen molar-refractivity contribution in [1.82, 2.24) is 4.90 Å². The second-order valence-electron chi connectivity index (χ2n) is 5.59. The molecule has 24 heavy (non-hydrogen) atoms. The van der Waals surface area contributed by atoms with Crippen LogP contribution in [0.2, 0.25) is 5.02 Å². The minimum absolute atomic E-state index is 0.0193. The molecule has 2 aliphatic heterocycles. The molecule has 122 valence electrons. The van der Waals surface area contributed by atoms with E-state index in [-0.39, 0.29) is 23.1 Å². The van der Waals surface area contributed by atoms with Gasteiger partial charge in [0.05, 0.1) is 5.69 Å². The second-order valence-corrected chi connectivity index (χ2v) is 7.51. The van der Waals surface area contributed by atoms with Crippen molar-refractivity contribution in [3.63, 3.8) is 0 Å². The second kappa shape index (κ2) is 6.02. The zero-order valence-corrected chi connectivity index (χ0v) is 14.7. The fourth-order valence-corrected chi connectivity index (χ4v) is 5.05. The van der Waals surface area contributed by atoms with Gasteiger partial charge in [-0.3, -0.25) is 9.69 Å². The Morgan fingerprint density at radius 2 is 1.79 bits per heavy atom. The van der Waals surface area contributed by atoms with E-state index in [0.29, 0.717) is 21.6 Å². The predicted octanol–water partition coefficient (Wildman–Crippen LogP) is 4.23. The summed E-state index contributed by atoms with van der Waals surface area (Å²) in [6, 6.07) is 13.1. The molecule has 2 aromatic rings. The van der Waals surface area contributed by atoms with Crippen molar-refractivity contribution in [2.24, 2.45) is 0 Å². The van der Waals surface area contributed by atoms with Gasteiger partial charge in [0.2, 0.25) is 0 Å². The number of rotatable bonds is 2. The summed E-state index contributed by atoms with van der Waals surface area (Å²) in [5.74, 6) is 0.270. The summed E-state index contributed by atoms with van der Waals surface area (Å²) < 4.78 is 13.2. The molecule has 7 heteroatoms. The lowest BCUT2D eigenvalue weighted by Gasteiger charge is -2.25. The van der Waals surface area contributed by atoms with Gasteiger partial charge in [-0.15, -0.1) is 11.8 Å². The van der Waals surface area contributed by atoms with Gasteiger partial charge < -0.3 is 4.90 Å². The van der Waals surface area contributed by atoms with Gasteiger partial charge in [0.1, 0.15) is 17.2 Å². The number of halogens is 2. The zero-order chi connectivity index (χ0) is 16.8. The molecule has 2 aliphatic rings. The lowest BCUT2D eigenvalue weighted by molar-refractivity contribution is -0.119. The molecular weight excluding hydrogens is 367 g/mol. The average molecular weight is 379 g/mol. The Hall–Kier alpha value is -1.63. The van der Waals surface area contributed by atoms with Crippen molar-refractivity contribution in [2.45, 2.75) is 11.4 Å². The highest BCUT2D eigenvalue weighted by atomic mass is 35.5. The van der Waals surface area contributed by atoms with Crippen LogP contribution >= 0.6 is 35.6 Å².